The first-order valence-electron chi connectivity index (χ1n) is 6.13. The van der Waals surface area contributed by atoms with E-state index in [9.17, 15) is 4.79 Å². The van der Waals surface area contributed by atoms with E-state index in [4.69, 9.17) is 11.5 Å². The van der Waals surface area contributed by atoms with Gasteiger partial charge < -0.3 is 9.67 Å². The second-order valence-electron chi connectivity index (χ2n) is 4.12. The number of carboxylic acid groups (broad SMARTS) is 1. The van der Waals surface area contributed by atoms with Gasteiger partial charge in [-0.05, 0) is 18.2 Å². The lowest BCUT2D eigenvalue weighted by Crippen LogP contribution is -2.05. The molecule has 21 heavy (non-hydrogen) atoms. The van der Waals surface area contributed by atoms with E-state index in [-0.39, 0.29) is 5.75 Å². The molecule has 1 N–H and O–H groups in total. The van der Waals surface area contributed by atoms with Crippen molar-refractivity contribution in [2.45, 2.75) is 11.7 Å². The van der Waals surface area contributed by atoms with Gasteiger partial charge in [0.15, 0.2) is 5.16 Å². The number of hydrogen-bond acceptors (Lipinski definition) is 4. The maximum Gasteiger partial charge on any atom is 0.313 e. The molecule has 7 heteroatoms. The smallest absolute Gasteiger partial charge is 0.313 e. The average Bonchev–Trinajstić information content (AvgIpc) is 2.78. The Morgan fingerprint density at radius 3 is 3.05 bits per heavy atom. The Hall–Kier alpha value is -1.10. The molecule has 4 nitrogen and oxygen atoms in total. The number of aliphatic carboxylic acids is 1. The Balaban J connectivity index is 2.27. The maximum atomic E-state index is 10.8. The molecule has 2 aromatic rings. The summed E-state index contributed by atoms with van der Waals surface area (Å²) in [4.78, 5) is 15.3. The largest absolute Gasteiger partial charge is 0.481 e. The molecule has 0 aliphatic carbocycles. The number of carboxylic acids is 1. The number of thioether (sulfide) groups is 2. The lowest BCUT2D eigenvalue weighted by atomic mass is 10.3. The number of hydrogen-bond donors (Lipinski definition) is 1. The van der Waals surface area contributed by atoms with Crippen molar-refractivity contribution < 1.29 is 9.90 Å². The van der Waals surface area contributed by atoms with Crippen molar-refractivity contribution in [2.24, 2.45) is 0 Å². The summed E-state index contributed by atoms with van der Waals surface area (Å²) in [6, 6.07) is 5.85. The predicted octanol–water partition coefficient (Wildman–Crippen LogP) is 3.34. The molecule has 0 saturated heterocycles. The highest BCUT2D eigenvalue weighted by Crippen LogP contribution is 2.26. The molecular formula is C14H13BrN2O2S2. The molecule has 0 amide bonds. The lowest BCUT2D eigenvalue weighted by molar-refractivity contribution is -0.133. The molecule has 0 aliphatic heterocycles. The number of halogens is 1. The van der Waals surface area contributed by atoms with Crippen LogP contribution in [-0.2, 0) is 11.3 Å². The molecule has 0 saturated carbocycles. The number of fused-ring (bicyclic) bond motifs is 1. The molecule has 0 spiro atoms. The second kappa shape index (κ2) is 7.78. The van der Waals surface area contributed by atoms with Crippen molar-refractivity contribution in [1.29, 1.82) is 0 Å². The van der Waals surface area contributed by atoms with Crippen LogP contribution in [0.25, 0.3) is 11.0 Å². The zero-order chi connectivity index (χ0) is 15.2. The van der Waals surface area contributed by atoms with Crippen molar-refractivity contribution in [3.05, 3.63) is 22.7 Å². The molecule has 0 radical (unpaired) electrons. The fourth-order valence-corrected chi connectivity index (χ4v) is 3.50. The standard InChI is InChI=1S/C14H13BrN2O2S2/c1-2-6-20-7-5-17-12-8-10(15)3-4-11(12)16-14(17)21-9-13(18)19/h1,3-4,8H,5-7,9H2,(H,18,19). The number of aryl methyl sites for hydroxylation is 1. The van der Waals surface area contributed by atoms with Crippen molar-refractivity contribution in [3.8, 4) is 12.3 Å². The molecule has 1 heterocycles. The molecule has 110 valence electrons. The van der Waals surface area contributed by atoms with Crippen LogP contribution < -0.4 is 0 Å². The fraction of sp³-hybridized carbons (Fsp3) is 0.286. The van der Waals surface area contributed by atoms with Gasteiger partial charge in [-0.3, -0.25) is 4.79 Å². The summed E-state index contributed by atoms with van der Waals surface area (Å²) in [5.74, 6) is 3.29. The minimum Gasteiger partial charge on any atom is -0.481 e. The highest BCUT2D eigenvalue weighted by atomic mass is 79.9. The molecular weight excluding hydrogens is 372 g/mol. The fourth-order valence-electron chi connectivity index (χ4n) is 1.81. The van der Waals surface area contributed by atoms with Crippen molar-refractivity contribution in [3.63, 3.8) is 0 Å². The van der Waals surface area contributed by atoms with Crippen LogP contribution in [0.3, 0.4) is 0 Å². The third-order valence-corrected chi connectivity index (χ3v) is 4.94. The van der Waals surface area contributed by atoms with Crippen LogP contribution in [-0.4, -0.2) is 37.9 Å². The van der Waals surface area contributed by atoms with Gasteiger partial charge in [-0.1, -0.05) is 33.6 Å². The molecule has 0 bridgehead atoms. The number of benzene rings is 1. The molecule has 0 fully saturated rings. The summed E-state index contributed by atoms with van der Waals surface area (Å²) in [7, 11) is 0. The Morgan fingerprint density at radius 1 is 1.52 bits per heavy atom. The minimum atomic E-state index is -0.846. The summed E-state index contributed by atoms with van der Waals surface area (Å²) in [5.41, 5.74) is 1.87. The van der Waals surface area contributed by atoms with E-state index in [1.54, 1.807) is 11.8 Å². The number of rotatable bonds is 7. The number of nitrogens with zero attached hydrogens (tertiary/aromatic N) is 2. The van der Waals surface area contributed by atoms with Gasteiger partial charge >= 0.3 is 5.97 Å². The third-order valence-electron chi connectivity index (χ3n) is 2.64. The maximum absolute atomic E-state index is 10.8. The SMILES string of the molecule is C#CCSCCn1c(SCC(=O)O)nc2ccc(Br)cc21. The van der Waals surface area contributed by atoms with E-state index in [0.29, 0.717) is 5.75 Å². The normalized spacial score (nSPS) is 10.7. The number of aromatic nitrogens is 2. The first-order valence-corrected chi connectivity index (χ1v) is 9.06. The zero-order valence-corrected chi connectivity index (χ0v) is 14.3. The van der Waals surface area contributed by atoms with Gasteiger partial charge in [0.1, 0.15) is 0 Å². The Kier molecular flexibility index (Phi) is 6.03. The molecule has 0 atom stereocenters. The Labute approximate surface area is 139 Å². The van der Waals surface area contributed by atoms with Crippen LogP contribution >= 0.6 is 39.5 Å². The van der Waals surface area contributed by atoms with Gasteiger partial charge in [-0.25, -0.2) is 4.98 Å². The first kappa shape index (κ1) is 16.3. The van der Waals surface area contributed by atoms with Gasteiger partial charge in [0.2, 0.25) is 0 Å². The topological polar surface area (TPSA) is 55.1 Å². The van der Waals surface area contributed by atoms with Crippen LogP contribution in [0.15, 0.2) is 27.8 Å². The quantitative estimate of drug-likeness (QED) is 0.450. The molecule has 0 aliphatic rings. The Bertz CT molecular complexity index is 694. The first-order chi connectivity index (χ1) is 10.1. The van der Waals surface area contributed by atoms with Gasteiger partial charge in [-0.2, -0.15) is 0 Å². The van der Waals surface area contributed by atoms with Crippen molar-refractivity contribution in [1.82, 2.24) is 9.55 Å². The van der Waals surface area contributed by atoms with E-state index in [1.807, 2.05) is 18.2 Å². The van der Waals surface area contributed by atoms with Gasteiger partial charge in [0.05, 0.1) is 22.5 Å². The van der Waals surface area contributed by atoms with Crippen molar-refractivity contribution >= 4 is 56.5 Å². The van der Waals surface area contributed by atoms with E-state index in [1.165, 1.54) is 11.8 Å². The number of carbonyl (C=O) groups is 1. The van der Waals surface area contributed by atoms with Gasteiger partial charge in [-0.15, -0.1) is 18.2 Å². The van der Waals surface area contributed by atoms with Crippen LogP contribution in [0.2, 0.25) is 0 Å². The third kappa shape index (κ3) is 4.43. The van der Waals surface area contributed by atoms with Crippen LogP contribution in [0, 0.1) is 12.3 Å². The van der Waals surface area contributed by atoms with Crippen LogP contribution in [0.1, 0.15) is 0 Å². The second-order valence-corrected chi connectivity index (χ2v) is 7.08. The molecule has 1 aromatic carbocycles. The minimum absolute atomic E-state index is 0.00197. The highest BCUT2D eigenvalue weighted by Gasteiger charge is 2.13. The summed E-state index contributed by atoms with van der Waals surface area (Å²) in [5, 5.41) is 9.57. The van der Waals surface area contributed by atoms with E-state index < -0.39 is 5.97 Å². The Morgan fingerprint density at radius 2 is 2.33 bits per heavy atom. The van der Waals surface area contributed by atoms with Crippen LogP contribution in [0.4, 0.5) is 0 Å². The molecule has 0 unspecified atom stereocenters. The molecule has 2 rings (SSSR count). The lowest BCUT2D eigenvalue weighted by Gasteiger charge is -2.07. The van der Waals surface area contributed by atoms with E-state index >= 15 is 0 Å². The summed E-state index contributed by atoms with van der Waals surface area (Å²) < 4.78 is 3.03. The summed E-state index contributed by atoms with van der Waals surface area (Å²) in [6.07, 6.45) is 5.24. The predicted molar refractivity (Wildman–Crippen MR) is 92.0 cm³/mol. The highest BCUT2D eigenvalue weighted by molar-refractivity contribution is 9.10. The van der Waals surface area contributed by atoms with Gasteiger partial charge in [0, 0.05) is 16.8 Å². The van der Waals surface area contributed by atoms with E-state index in [2.05, 4.69) is 31.4 Å². The van der Waals surface area contributed by atoms with Crippen LogP contribution in [0.5, 0.6) is 0 Å². The van der Waals surface area contributed by atoms with E-state index in [0.717, 1.165) is 33.0 Å². The number of terminal acetylenes is 1. The summed E-state index contributed by atoms with van der Waals surface area (Å²) >= 11 is 6.37. The van der Waals surface area contributed by atoms with Crippen molar-refractivity contribution in [2.75, 3.05) is 17.3 Å². The summed E-state index contributed by atoms with van der Waals surface area (Å²) in [6.45, 7) is 0.751. The zero-order valence-electron chi connectivity index (χ0n) is 11.1. The van der Waals surface area contributed by atoms with Gasteiger partial charge in [0.25, 0.3) is 0 Å². The monoisotopic (exact) mass is 384 g/mol. The molecule has 1 aromatic heterocycles. The average molecular weight is 385 g/mol. The number of imidazole rings is 1.